The van der Waals surface area contributed by atoms with Crippen molar-refractivity contribution in [3.8, 4) is 5.75 Å². The van der Waals surface area contributed by atoms with Crippen LogP contribution in [0.25, 0.3) is 0 Å². The van der Waals surface area contributed by atoms with Crippen molar-refractivity contribution >= 4 is 23.2 Å². The molecule has 2 atom stereocenters. The Morgan fingerprint density at radius 2 is 1.41 bits per heavy atom. The number of benzene rings is 2. The van der Waals surface area contributed by atoms with Gasteiger partial charge in [-0.15, -0.1) is 0 Å². The summed E-state index contributed by atoms with van der Waals surface area (Å²) in [4.78, 5) is 25.4. The maximum atomic E-state index is 12.7. The average molecular weight is 395 g/mol. The Morgan fingerprint density at radius 3 is 2.00 bits per heavy atom. The molecule has 2 amide bonds. The third-order valence-corrected chi connectivity index (χ3v) is 4.96. The molecule has 2 aromatic carbocycles. The van der Waals surface area contributed by atoms with E-state index in [9.17, 15) is 9.59 Å². The lowest BCUT2D eigenvalue weighted by Gasteiger charge is -2.23. The van der Waals surface area contributed by atoms with Gasteiger partial charge in [-0.3, -0.25) is 9.59 Å². The number of nitrogens with one attached hydrogen (secondary N) is 2. The molecule has 0 aromatic heterocycles. The van der Waals surface area contributed by atoms with E-state index in [-0.39, 0.29) is 35.2 Å². The molecule has 0 saturated heterocycles. The molecule has 0 heterocycles. The van der Waals surface area contributed by atoms with Gasteiger partial charge in [-0.25, -0.2) is 0 Å². The molecule has 3 rings (SSSR count). The highest BCUT2D eigenvalue weighted by molar-refractivity contribution is 6.04. The summed E-state index contributed by atoms with van der Waals surface area (Å²) < 4.78 is 5.75. The SMILES string of the molecule is CC(C)Oc1ccccc1NC(=O)C1CC1C(=O)Nc1ccccc1C(C)(C)C. The van der Waals surface area contributed by atoms with Crippen molar-refractivity contribution in [1.29, 1.82) is 0 Å². The lowest BCUT2D eigenvalue weighted by Crippen LogP contribution is -2.23. The van der Waals surface area contributed by atoms with Gasteiger partial charge in [0.25, 0.3) is 0 Å². The first kappa shape index (κ1) is 20.9. The molecule has 5 heteroatoms. The largest absolute Gasteiger partial charge is 0.489 e. The number of anilines is 2. The molecule has 2 aromatic rings. The number of hydrogen-bond acceptors (Lipinski definition) is 3. The quantitative estimate of drug-likeness (QED) is 0.726. The number of amides is 2. The van der Waals surface area contributed by atoms with E-state index in [0.717, 1.165) is 11.3 Å². The molecular weight excluding hydrogens is 364 g/mol. The predicted molar refractivity (Wildman–Crippen MR) is 116 cm³/mol. The Balaban J connectivity index is 1.63. The van der Waals surface area contributed by atoms with Gasteiger partial charge in [0.05, 0.1) is 23.6 Å². The Morgan fingerprint density at radius 1 is 0.897 bits per heavy atom. The maximum Gasteiger partial charge on any atom is 0.228 e. The van der Waals surface area contributed by atoms with E-state index < -0.39 is 0 Å². The zero-order chi connectivity index (χ0) is 21.2. The van der Waals surface area contributed by atoms with Crippen molar-refractivity contribution in [3.63, 3.8) is 0 Å². The topological polar surface area (TPSA) is 67.4 Å². The van der Waals surface area contributed by atoms with E-state index in [1.54, 1.807) is 0 Å². The van der Waals surface area contributed by atoms with Gasteiger partial charge < -0.3 is 15.4 Å². The van der Waals surface area contributed by atoms with Gasteiger partial charge in [0.1, 0.15) is 5.75 Å². The second-order valence-corrected chi connectivity index (χ2v) is 8.89. The standard InChI is InChI=1S/C24H30N2O3/c1-15(2)29-21-13-9-8-12-20(21)26-23(28)17-14-16(17)22(27)25-19-11-7-6-10-18(19)24(3,4)5/h6-13,15-17H,14H2,1-5H3,(H,25,27)(H,26,28). The van der Waals surface area contributed by atoms with Crippen LogP contribution in [0.5, 0.6) is 5.75 Å². The molecule has 5 nitrogen and oxygen atoms in total. The van der Waals surface area contributed by atoms with Crippen molar-refractivity contribution in [2.75, 3.05) is 10.6 Å². The van der Waals surface area contributed by atoms with E-state index in [1.807, 2.05) is 62.4 Å². The van der Waals surface area contributed by atoms with Crippen LogP contribution in [0.4, 0.5) is 11.4 Å². The summed E-state index contributed by atoms with van der Waals surface area (Å²) in [5, 5.41) is 5.94. The molecular formula is C24H30N2O3. The number of para-hydroxylation sites is 3. The van der Waals surface area contributed by atoms with Crippen LogP contribution in [0.15, 0.2) is 48.5 Å². The third-order valence-electron chi connectivity index (χ3n) is 4.96. The van der Waals surface area contributed by atoms with Crippen molar-refractivity contribution in [2.24, 2.45) is 11.8 Å². The number of rotatable bonds is 6. The normalized spacial score (nSPS) is 18.3. The molecule has 0 bridgehead atoms. The first-order chi connectivity index (χ1) is 13.7. The van der Waals surface area contributed by atoms with Gasteiger partial charge in [-0.1, -0.05) is 51.1 Å². The average Bonchev–Trinajstić information content (AvgIpc) is 3.43. The van der Waals surface area contributed by atoms with Crippen LogP contribution >= 0.6 is 0 Å². The monoisotopic (exact) mass is 394 g/mol. The van der Waals surface area contributed by atoms with E-state index in [1.165, 1.54) is 0 Å². The fraction of sp³-hybridized carbons (Fsp3) is 0.417. The first-order valence-electron chi connectivity index (χ1n) is 10.1. The maximum absolute atomic E-state index is 12.7. The van der Waals surface area contributed by atoms with Crippen molar-refractivity contribution in [3.05, 3.63) is 54.1 Å². The summed E-state index contributed by atoms with van der Waals surface area (Å²) in [6.07, 6.45) is 0.568. The Hall–Kier alpha value is -2.82. The minimum Gasteiger partial charge on any atom is -0.489 e. The number of carbonyl (C=O) groups excluding carboxylic acids is 2. The zero-order valence-electron chi connectivity index (χ0n) is 17.8. The van der Waals surface area contributed by atoms with Crippen molar-refractivity contribution in [2.45, 2.75) is 52.6 Å². The van der Waals surface area contributed by atoms with Crippen LogP contribution in [-0.2, 0) is 15.0 Å². The Labute approximate surface area is 172 Å². The second-order valence-electron chi connectivity index (χ2n) is 8.89. The molecule has 1 aliphatic carbocycles. The van der Waals surface area contributed by atoms with Gasteiger partial charge in [0, 0.05) is 5.69 Å². The van der Waals surface area contributed by atoms with Gasteiger partial charge in [0.2, 0.25) is 11.8 Å². The summed E-state index contributed by atoms with van der Waals surface area (Å²) >= 11 is 0. The zero-order valence-corrected chi connectivity index (χ0v) is 17.8. The van der Waals surface area contributed by atoms with Crippen LogP contribution in [-0.4, -0.2) is 17.9 Å². The molecule has 1 fully saturated rings. The van der Waals surface area contributed by atoms with E-state index in [0.29, 0.717) is 17.9 Å². The fourth-order valence-electron chi connectivity index (χ4n) is 3.40. The highest BCUT2D eigenvalue weighted by Crippen LogP contribution is 2.41. The number of hydrogen-bond donors (Lipinski definition) is 2. The highest BCUT2D eigenvalue weighted by Gasteiger charge is 2.48. The summed E-state index contributed by atoms with van der Waals surface area (Å²) in [6.45, 7) is 10.2. The van der Waals surface area contributed by atoms with Gasteiger partial charge >= 0.3 is 0 Å². The van der Waals surface area contributed by atoms with Crippen molar-refractivity contribution < 1.29 is 14.3 Å². The molecule has 29 heavy (non-hydrogen) atoms. The molecule has 2 unspecified atom stereocenters. The third kappa shape index (κ3) is 5.17. The van der Waals surface area contributed by atoms with E-state index >= 15 is 0 Å². The van der Waals surface area contributed by atoms with Crippen LogP contribution in [0.1, 0.15) is 46.6 Å². The molecule has 1 saturated carbocycles. The van der Waals surface area contributed by atoms with E-state index in [2.05, 4.69) is 31.4 Å². The highest BCUT2D eigenvalue weighted by atomic mass is 16.5. The molecule has 1 aliphatic rings. The van der Waals surface area contributed by atoms with Crippen LogP contribution in [0, 0.1) is 11.8 Å². The van der Waals surface area contributed by atoms with Gasteiger partial charge in [0.15, 0.2) is 0 Å². The number of carbonyl (C=O) groups is 2. The Bertz CT molecular complexity index is 899. The first-order valence-corrected chi connectivity index (χ1v) is 10.1. The smallest absolute Gasteiger partial charge is 0.228 e. The van der Waals surface area contributed by atoms with Gasteiger partial charge in [-0.2, -0.15) is 0 Å². The minimum atomic E-state index is -0.316. The lowest BCUT2D eigenvalue weighted by molar-refractivity contribution is -0.122. The number of ether oxygens (including phenoxy) is 1. The summed E-state index contributed by atoms with van der Waals surface area (Å²) in [5.74, 6) is -0.232. The van der Waals surface area contributed by atoms with E-state index in [4.69, 9.17) is 4.74 Å². The molecule has 154 valence electrons. The summed E-state index contributed by atoms with van der Waals surface area (Å²) in [5.41, 5.74) is 2.45. The molecule has 0 aliphatic heterocycles. The lowest BCUT2D eigenvalue weighted by atomic mass is 9.86. The van der Waals surface area contributed by atoms with Crippen molar-refractivity contribution in [1.82, 2.24) is 0 Å². The molecule has 2 N–H and O–H groups in total. The van der Waals surface area contributed by atoms with Crippen LogP contribution in [0.2, 0.25) is 0 Å². The van der Waals surface area contributed by atoms with Crippen LogP contribution in [0.3, 0.4) is 0 Å². The summed E-state index contributed by atoms with van der Waals surface area (Å²) in [6, 6.07) is 15.2. The van der Waals surface area contributed by atoms with Gasteiger partial charge in [-0.05, 0) is 49.4 Å². The predicted octanol–water partition coefficient (Wildman–Crippen LogP) is 4.98. The Kier molecular flexibility index (Phi) is 5.96. The van der Waals surface area contributed by atoms with Crippen LogP contribution < -0.4 is 15.4 Å². The summed E-state index contributed by atoms with van der Waals surface area (Å²) in [7, 11) is 0. The molecule has 0 radical (unpaired) electrons. The minimum absolute atomic E-state index is 0.00962. The fourth-order valence-corrected chi connectivity index (χ4v) is 3.40. The molecule has 0 spiro atoms. The second kappa shape index (κ2) is 8.27.